The fourth-order valence-electron chi connectivity index (χ4n) is 2.30. The van der Waals surface area contributed by atoms with Gasteiger partial charge in [-0.15, -0.1) is 0 Å². The third kappa shape index (κ3) is 3.59. The van der Waals surface area contributed by atoms with Gasteiger partial charge in [0.15, 0.2) is 5.78 Å². The van der Waals surface area contributed by atoms with E-state index in [-0.39, 0.29) is 36.3 Å². The SMILES string of the molecule is CCOC(=O)C1CCN(C(=O)c2ccc(Cl)c(Cl)c2)CC1=O. The lowest BCUT2D eigenvalue weighted by Crippen LogP contribution is -2.46. The average molecular weight is 344 g/mol. The third-order valence-electron chi connectivity index (χ3n) is 3.45. The highest BCUT2D eigenvalue weighted by atomic mass is 35.5. The minimum Gasteiger partial charge on any atom is -0.465 e. The first-order valence-electron chi connectivity index (χ1n) is 6.87. The Bertz CT molecular complexity index is 618. The van der Waals surface area contributed by atoms with Crippen LogP contribution in [0.15, 0.2) is 18.2 Å². The van der Waals surface area contributed by atoms with Gasteiger partial charge < -0.3 is 9.64 Å². The molecule has 0 N–H and O–H groups in total. The van der Waals surface area contributed by atoms with Crippen molar-refractivity contribution >= 4 is 40.9 Å². The lowest BCUT2D eigenvalue weighted by atomic mass is 9.95. The van der Waals surface area contributed by atoms with Crippen molar-refractivity contribution in [2.75, 3.05) is 19.7 Å². The molecule has 0 spiro atoms. The second-order valence-electron chi connectivity index (χ2n) is 4.92. The number of ether oxygens (including phenoxy) is 1. The molecule has 0 radical (unpaired) electrons. The van der Waals surface area contributed by atoms with Gasteiger partial charge in [0.05, 0.1) is 23.2 Å². The number of carbonyl (C=O) groups is 3. The van der Waals surface area contributed by atoms with Crippen LogP contribution in [0.25, 0.3) is 0 Å². The maximum absolute atomic E-state index is 12.4. The van der Waals surface area contributed by atoms with Crippen molar-refractivity contribution in [1.29, 1.82) is 0 Å². The molecule has 1 aliphatic rings. The molecule has 1 unspecified atom stereocenters. The monoisotopic (exact) mass is 343 g/mol. The molecule has 1 aliphatic heterocycles. The number of rotatable bonds is 3. The van der Waals surface area contributed by atoms with Crippen LogP contribution >= 0.6 is 23.2 Å². The Morgan fingerprint density at radius 3 is 2.64 bits per heavy atom. The zero-order chi connectivity index (χ0) is 16.3. The lowest BCUT2D eigenvalue weighted by molar-refractivity contribution is -0.153. The van der Waals surface area contributed by atoms with Gasteiger partial charge in [-0.05, 0) is 31.5 Å². The maximum Gasteiger partial charge on any atom is 0.316 e. The molecule has 22 heavy (non-hydrogen) atoms. The molecule has 0 aliphatic carbocycles. The number of piperidine rings is 1. The number of nitrogens with zero attached hydrogens (tertiary/aromatic N) is 1. The van der Waals surface area contributed by atoms with Crippen LogP contribution in [0.4, 0.5) is 0 Å². The van der Waals surface area contributed by atoms with Crippen LogP contribution in [-0.2, 0) is 14.3 Å². The molecule has 2 rings (SSSR count). The summed E-state index contributed by atoms with van der Waals surface area (Å²) < 4.78 is 4.87. The molecule has 7 heteroatoms. The molecule has 5 nitrogen and oxygen atoms in total. The van der Waals surface area contributed by atoms with Crippen molar-refractivity contribution < 1.29 is 19.1 Å². The van der Waals surface area contributed by atoms with Crippen LogP contribution < -0.4 is 0 Å². The minimum absolute atomic E-state index is 0.109. The number of ketones is 1. The molecule has 1 heterocycles. The summed E-state index contributed by atoms with van der Waals surface area (Å²) in [6, 6.07) is 4.55. The van der Waals surface area contributed by atoms with Crippen molar-refractivity contribution in [3.63, 3.8) is 0 Å². The summed E-state index contributed by atoms with van der Waals surface area (Å²) >= 11 is 11.7. The first kappa shape index (κ1) is 16.8. The van der Waals surface area contributed by atoms with Gasteiger partial charge in [-0.25, -0.2) is 0 Å². The van der Waals surface area contributed by atoms with Crippen molar-refractivity contribution in [2.24, 2.45) is 5.92 Å². The van der Waals surface area contributed by atoms with Crippen LogP contribution in [-0.4, -0.2) is 42.3 Å². The molecule has 1 amide bonds. The zero-order valence-electron chi connectivity index (χ0n) is 12.0. The Kier molecular flexibility index (Phi) is 5.42. The quantitative estimate of drug-likeness (QED) is 0.625. The van der Waals surface area contributed by atoms with Gasteiger partial charge in [-0.3, -0.25) is 14.4 Å². The molecular formula is C15H15Cl2NO4. The summed E-state index contributed by atoms with van der Waals surface area (Å²) in [6.45, 7) is 2.12. The number of hydrogen-bond donors (Lipinski definition) is 0. The molecule has 1 atom stereocenters. The Balaban J connectivity index is 2.06. The second-order valence-corrected chi connectivity index (χ2v) is 5.73. The largest absolute Gasteiger partial charge is 0.465 e. The number of halogens is 2. The van der Waals surface area contributed by atoms with Crippen LogP contribution in [0.1, 0.15) is 23.7 Å². The highest BCUT2D eigenvalue weighted by Gasteiger charge is 2.35. The summed E-state index contributed by atoms with van der Waals surface area (Å²) in [5.74, 6) is -1.92. The smallest absolute Gasteiger partial charge is 0.316 e. The topological polar surface area (TPSA) is 63.7 Å². The van der Waals surface area contributed by atoms with E-state index in [1.165, 1.54) is 17.0 Å². The number of esters is 1. The average Bonchev–Trinajstić information content (AvgIpc) is 2.49. The predicted octanol–water partition coefficient (Wildman–Crippen LogP) is 2.59. The third-order valence-corrected chi connectivity index (χ3v) is 4.19. The van der Waals surface area contributed by atoms with E-state index in [0.29, 0.717) is 17.1 Å². The van der Waals surface area contributed by atoms with E-state index in [1.54, 1.807) is 13.0 Å². The molecule has 0 bridgehead atoms. The van der Waals surface area contributed by atoms with E-state index in [2.05, 4.69) is 0 Å². The van der Waals surface area contributed by atoms with Crippen molar-refractivity contribution in [2.45, 2.75) is 13.3 Å². The normalized spacial score (nSPS) is 18.2. The summed E-state index contributed by atoms with van der Waals surface area (Å²) in [5, 5.41) is 0.635. The number of Topliss-reactive ketones (excluding diaryl/α,β-unsaturated/α-hetero) is 1. The van der Waals surface area contributed by atoms with Crippen molar-refractivity contribution in [3.05, 3.63) is 33.8 Å². The van der Waals surface area contributed by atoms with Crippen LogP contribution in [0.2, 0.25) is 10.0 Å². The summed E-state index contributed by atoms with van der Waals surface area (Å²) in [7, 11) is 0. The van der Waals surface area contributed by atoms with E-state index < -0.39 is 11.9 Å². The van der Waals surface area contributed by atoms with Crippen LogP contribution in [0, 0.1) is 5.92 Å². The highest BCUT2D eigenvalue weighted by Crippen LogP contribution is 2.24. The van der Waals surface area contributed by atoms with Gasteiger partial charge >= 0.3 is 5.97 Å². The Hall–Kier alpha value is -1.59. The zero-order valence-corrected chi connectivity index (χ0v) is 13.5. The van der Waals surface area contributed by atoms with Gasteiger partial charge in [-0.1, -0.05) is 23.2 Å². The van der Waals surface area contributed by atoms with Crippen molar-refractivity contribution in [1.82, 2.24) is 4.90 Å². The highest BCUT2D eigenvalue weighted by molar-refractivity contribution is 6.42. The second kappa shape index (κ2) is 7.11. The van der Waals surface area contributed by atoms with Gasteiger partial charge in [0.1, 0.15) is 5.92 Å². The number of hydrogen-bond acceptors (Lipinski definition) is 4. The summed E-state index contributed by atoms with van der Waals surface area (Å²) in [4.78, 5) is 37.5. The number of amides is 1. The first-order valence-corrected chi connectivity index (χ1v) is 7.63. The molecular weight excluding hydrogens is 329 g/mol. The Morgan fingerprint density at radius 1 is 1.32 bits per heavy atom. The minimum atomic E-state index is -0.780. The molecule has 1 saturated heterocycles. The molecule has 0 saturated carbocycles. The summed E-state index contributed by atoms with van der Waals surface area (Å²) in [5.41, 5.74) is 0.358. The predicted molar refractivity (Wildman–Crippen MR) is 82.1 cm³/mol. The van der Waals surface area contributed by atoms with Gasteiger partial charge in [0, 0.05) is 12.1 Å². The van der Waals surface area contributed by atoms with Crippen LogP contribution in [0.5, 0.6) is 0 Å². The number of benzene rings is 1. The fourth-order valence-corrected chi connectivity index (χ4v) is 2.60. The standard InChI is InChI=1S/C15H15Cl2NO4/c1-2-22-15(21)10-5-6-18(8-13(10)19)14(20)9-3-4-11(16)12(17)7-9/h3-4,7,10H,2,5-6,8H2,1H3. The Morgan fingerprint density at radius 2 is 2.05 bits per heavy atom. The van der Waals surface area contributed by atoms with E-state index in [4.69, 9.17) is 27.9 Å². The van der Waals surface area contributed by atoms with E-state index in [0.717, 1.165) is 0 Å². The van der Waals surface area contributed by atoms with Gasteiger partial charge in [-0.2, -0.15) is 0 Å². The summed E-state index contributed by atoms with van der Waals surface area (Å²) in [6.07, 6.45) is 0.269. The molecule has 1 aromatic carbocycles. The molecule has 118 valence electrons. The van der Waals surface area contributed by atoms with Gasteiger partial charge in [0.25, 0.3) is 5.91 Å². The van der Waals surface area contributed by atoms with E-state index in [1.807, 2.05) is 0 Å². The Labute approximate surface area is 138 Å². The van der Waals surface area contributed by atoms with Gasteiger partial charge in [0.2, 0.25) is 0 Å². The van der Waals surface area contributed by atoms with Crippen LogP contribution in [0.3, 0.4) is 0 Å². The fraction of sp³-hybridized carbons (Fsp3) is 0.400. The van der Waals surface area contributed by atoms with E-state index >= 15 is 0 Å². The molecule has 1 aromatic rings. The van der Waals surface area contributed by atoms with E-state index in [9.17, 15) is 14.4 Å². The number of likely N-dealkylation sites (tertiary alicyclic amines) is 1. The molecule has 0 aromatic heterocycles. The van der Waals surface area contributed by atoms with Crippen molar-refractivity contribution in [3.8, 4) is 0 Å². The number of carbonyl (C=O) groups excluding carboxylic acids is 3. The lowest BCUT2D eigenvalue weighted by Gasteiger charge is -2.29. The first-order chi connectivity index (χ1) is 10.4. The maximum atomic E-state index is 12.4. The molecule has 1 fully saturated rings.